The molecule has 1 aromatic carbocycles. The van der Waals surface area contributed by atoms with Gasteiger partial charge in [-0.3, -0.25) is 0 Å². The lowest BCUT2D eigenvalue weighted by molar-refractivity contribution is 0.841. The third-order valence-electron chi connectivity index (χ3n) is 4.88. The van der Waals surface area contributed by atoms with Crippen molar-refractivity contribution in [2.75, 3.05) is 18.5 Å². The second kappa shape index (κ2) is 12.5. The molecule has 134 valence electrons. The Balaban J connectivity index is 3.31. The molecule has 0 saturated carbocycles. The number of unbranched alkanes of at least 4 members (excludes halogenated alkanes) is 3. The van der Waals surface area contributed by atoms with E-state index in [2.05, 4.69) is 69.8 Å². The van der Waals surface area contributed by atoms with Gasteiger partial charge in [-0.15, -0.1) is 6.58 Å². The molecule has 0 aromatic heterocycles. The van der Waals surface area contributed by atoms with Gasteiger partial charge in [-0.05, 0) is 31.8 Å². The van der Waals surface area contributed by atoms with Gasteiger partial charge in [0.2, 0.25) is 0 Å². The highest BCUT2D eigenvalue weighted by Crippen LogP contribution is 2.70. The summed E-state index contributed by atoms with van der Waals surface area (Å²) in [6.07, 6.45) is 17.9. The first kappa shape index (κ1) is 21.2. The zero-order valence-corrected chi connectivity index (χ0v) is 17.2. The minimum Gasteiger partial charge on any atom is -0.103 e. The highest BCUT2D eigenvalue weighted by Gasteiger charge is 2.40. The van der Waals surface area contributed by atoms with Gasteiger partial charge in [0.1, 0.15) is 0 Å². The third-order valence-corrected chi connectivity index (χ3v) is 9.86. The summed E-state index contributed by atoms with van der Waals surface area (Å²) in [4.78, 5) is 0. The molecule has 0 fully saturated rings. The molecule has 0 amide bonds. The second-order valence-corrected chi connectivity index (χ2v) is 11.0. The Labute approximate surface area is 151 Å². The van der Waals surface area contributed by atoms with E-state index in [1.54, 1.807) is 5.31 Å². The summed E-state index contributed by atoms with van der Waals surface area (Å²) in [6.45, 7) is 11.0. The Hall–Kier alpha value is -0.870. The summed E-state index contributed by atoms with van der Waals surface area (Å²) in [5, 5.41) is 1.69. The Morgan fingerprint density at radius 3 is 1.79 bits per heavy atom. The molecular formula is C23H38P+. The Morgan fingerprint density at radius 2 is 1.38 bits per heavy atom. The summed E-state index contributed by atoms with van der Waals surface area (Å²) in [5.74, 6) is 0. The van der Waals surface area contributed by atoms with Crippen LogP contribution in [-0.4, -0.2) is 18.5 Å². The second-order valence-electron chi connectivity index (χ2n) is 6.86. The number of benzene rings is 1. The fourth-order valence-electron chi connectivity index (χ4n) is 3.47. The number of hydrogen-bond donors (Lipinski definition) is 0. The van der Waals surface area contributed by atoms with E-state index in [0.29, 0.717) is 0 Å². The zero-order chi connectivity index (χ0) is 17.7. The van der Waals surface area contributed by atoms with Crippen LogP contribution in [0, 0.1) is 0 Å². The predicted octanol–water partition coefficient (Wildman–Crippen LogP) is 8.02. The summed E-state index contributed by atoms with van der Waals surface area (Å²) >= 11 is 0. The van der Waals surface area contributed by atoms with E-state index in [4.69, 9.17) is 0 Å². The van der Waals surface area contributed by atoms with Crippen molar-refractivity contribution in [1.29, 1.82) is 0 Å². The quantitative estimate of drug-likeness (QED) is 0.251. The molecule has 0 heterocycles. The molecule has 24 heavy (non-hydrogen) atoms. The SMILES string of the molecule is C=CC/C=C(\c1ccccc1)[P+](CCCC)(CCCC)CCCC. The molecule has 0 spiro atoms. The largest absolute Gasteiger partial charge is 0.103 e. The van der Waals surface area contributed by atoms with Crippen LogP contribution in [0.1, 0.15) is 71.3 Å². The van der Waals surface area contributed by atoms with E-state index in [0.717, 1.165) is 6.42 Å². The molecule has 0 aliphatic rings. The van der Waals surface area contributed by atoms with Crippen LogP contribution in [-0.2, 0) is 0 Å². The fraction of sp³-hybridized carbons (Fsp3) is 0.565. The van der Waals surface area contributed by atoms with Crippen molar-refractivity contribution < 1.29 is 0 Å². The van der Waals surface area contributed by atoms with Crippen molar-refractivity contribution in [3.63, 3.8) is 0 Å². The van der Waals surface area contributed by atoms with Gasteiger partial charge in [0.25, 0.3) is 0 Å². The van der Waals surface area contributed by atoms with Crippen LogP contribution in [0.15, 0.2) is 49.1 Å². The maximum absolute atomic E-state index is 3.96. The van der Waals surface area contributed by atoms with E-state index < -0.39 is 7.26 Å². The van der Waals surface area contributed by atoms with Crippen LogP contribution in [0.3, 0.4) is 0 Å². The van der Waals surface area contributed by atoms with Gasteiger partial charge in [0.05, 0.1) is 23.8 Å². The monoisotopic (exact) mass is 345 g/mol. The smallest absolute Gasteiger partial charge is 0.0974 e. The van der Waals surface area contributed by atoms with Crippen LogP contribution in [0.2, 0.25) is 0 Å². The molecule has 1 aromatic rings. The van der Waals surface area contributed by atoms with Gasteiger partial charge in [0.15, 0.2) is 0 Å². The van der Waals surface area contributed by atoms with Gasteiger partial charge >= 0.3 is 0 Å². The topological polar surface area (TPSA) is 0 Å². The Kier molecular flexibility index (Phi) is 11.0. The van der Waals surface area contributed by atoms with E-state index in [1.807, 2.05) is 0 Å². The van der Waals surface area contributed by atoms with Crippen molar-refractivity contribution in [3.05, 3.63) is 54.6 Å². The van der Waals surface area contributed by atoms with Gasteiger partial charge in [0, 0.05) is 12.8 Å². The molecule has 0 saturated heterocycles. The molecule has 0 radical (unpaired) electrons. The first-order valence-electron chi connectivity index (χ1n) is 9.97. The van der Waals surface area contributed by atoms with Crippen molar-refractivity contribution in [2.24, 2.45) is 0 Å². The fourth-order valence-corrected chi connectivity index (χ4v) is 8.82. The molecule has 1 heteroatoms. The lowest BCUT2D eigenvalue weighted by Gasteiger charge is -2.30. The van der Waals surface area contributed by atoms with Crippen molar-refractivity contribution >= 4 is 12.6 Å². The molecule has 0 bridgehead atoms. The van der Waals surface area contributed by atoms with Crippen molar-refractivity contribution in [3.8, 4) is 0 Å². The van der Waals surface area contributed by atoms with Crippen molar-refractivity contribution in [1.82, 2.24) is 0 Å². The van der Waals surface area contributed by atoms with Crippen LogP contribution in [0.5, 0.6) is 0 Å². The minimum atomic E-state index is -1.09. The van der Waals surface area contributed by atoms with E-state index in [1.165, 1.54) is 62.6 Å². The number of hydrogen-bond acceptors (Lipinski definition) is 0. The summed E-state index contributed by atoms with van der Waals surface area (Å²) in [7, 11) is -1.09. The van der Waals surface area contributed by atoms with Gasteiger partial charge in [-0.2, -0.15) is 0 Å². The average molecular weight is 346 g/mol. The number of allylic oxidation sites excluding steroid dienone is 2. The maximum Gasteiger partial charge on any atom is 0.0974 e. The predicted molar refractivity (Wildman–Crippen MR) is 115 cm³/mol. The zero-order valence-electron chi connectivity index (χ0n) is 16.3. The van der Waals surface area contributed by atoms with E-state index >= 15 is 0 Å². The summed E-state index contributed by atoms with van der Waals surface area (Å²) < 4.78 is 0. The van der Waals surface area contributed by atoms with Gasteiger partial charge in [-0.25, -0.2) is 0 Å². The summed E-state index contributed by atoms with van der Waals surface area (Å²) in [5.41, 5.74) is 1.47. The van der Waals surface area contributed by atoms with Gasteiger partial charge in [-0.1, -0.05) is 76.4 Å². The average Bonchev–Trinajstić information content (AvgIpc) is 2.63. The molecule has 0 unspecified atom stereocenters. The molecule has 0 aliphatic heterocycles. The van der Waals surface area contributed by atoms with Crippen LogP contribution >= 0.6 is 7.26 Å². The number of rotatable bonds is 13. The lowest BCUT2D eigenvalue weighted by atomic mass is 10.2. The Bertz CT molecular complexity index is 450. The third kappa shape index (κ3) is 6.56. The summed E-state index contributed by atoms with van der Waals surface area (Å²) in [6, 6.07) is 11.2. The minimum absolute atomic E-state index is 0.996. The van der Waals surface area contributed by atoms with E-state index in [9.17, 15) is 0 Å². The first-order chi connectivity index (χ1) is 11.7. The molecule has 1 rings (SSSR count). The standard InChI is InChI=1S/C23H38P/c1-5-9-18-23(22-16-14-13-15-17-22)24(19-10-6-2,20-11-7-3)21-12-8-4/h5,13-18H,1,6-12,19-21H2,2-4H3/q+1/b23-18+. The molecular weight excluding hydrogens is 307 g/mol. The first-order valence-corrected chi connectivity index (χ1v) is 12.3. The van der Waals surface area contributed by atoms with Gasteiger partial charge < -0.3 is 0 Å². The lowest BCUT2D eigenvalue weighted by Crippen LogP contribution is -2.11. The van der Waals surface area contributed by atoms with Crippen LogP contribution in [0.4, 0.5) is 0 Å². The normalized spacial score (nSPS) is 12.4. The van der Waals surface area contributed by atoms with Crippen molar-refractivity contribution in [2.45, 2.75) is 65.7 Å². The van der Waals surface area contributed by atoms with Crippen LogP contribution < -0.4 is 0 Å². The Morgan fingerprint density at radius 1 is 0.875 bits per heavy atom. The molecule has 0 nitrogen and oxygen atoms in total. The highest BCUT2D eigenvalue weighted by molar-refractivity contribution is 7.85. The van der Waals surface area contributed by atoms with Crippen LogP contribution in [0.25, 0.3) is 5.31 Å². The highest BCUT2D eigenvalue weighted by atomic mass is 31.2. The molecule has 0 aliphatic carbocycles. The molecule has 0 N–H and O–H groups in total. The maximum atomic E-state index is 3.96. The van der Waals surface area contributed by atoms with E-state index in [-0.39, 0.29) is 0 Å². The molecule has 0 atom stereocenters.